The van der Waals surface area contributed by atoms with Gasteiger partial charge in [0.25, 0.3) is 0 Å². The molecule has 0 spiro atoms. The highest BCUT2D eigenvalue weighted by atomic mass is 79.9. The van der Waals surface area contributed by atoms with Crippen LogP contribution in [0.25, 0.3) is 0 Å². The molecule has 1 fully saturated rings. The van der Waals surface area contributed by atoms with Crippen molar-refractivity contribution in [2.45, 2.75) is 44.6 Å². The highest BCUT2D eigenvalue weighted by Gasteiger charge is 2.23. The van der Waals surface area contributed by atoms with Gasteiger partial charge in [0, 0.05) is 17.1 Å². The number of hydrogen-bond donors (Lipinski definition) is 0. The third-order valence-corrected chi connectivity index (χ3v) is 4.19. The van der Waals surface area contributed by atoms with E-state index >= 15 is 0 Å². The van der Waals surface area contributed by atoms with Crippen molar-refractivity contribution < 1.29 is 4.39 Å². The quantitative estimate of drug-likeness (QED) is 0.806. The predicted octanol–water partition coefficient (Wildman–Crippen LogP) is 4.64. The highest BCUT2D eigenvalue weighted by Crippen LogP contribution is 2.30. The molecule has 1 aliphatic carbocycles. The Labute approximate surface area is 122 Å². The van der Waals surface area contributed by atoms with Crippen LogP contribution in [0.5, 0.6) is 0 Å². The van der Waals surface area contributed by atoms with Gasteiger partial charge in [0.2, 0.25) is 0 Å². The molecule has 2 nitrogen and oxygen atoms in total. The summed E-state index contributed by atoms with van der Waals surface area (Å²) >= 11 is 3.28. The molecule has 2 rings (SSSR count). The zero-order valence-electron chi connectivity index (χ0n) is 10.9. The minimum absolute atomic E-state index is 0.210. The number of nitrogens with zero attached hydrogens (tertiary/aromatic N) is 2. The van der Waals surface area contributed by atoms with Crippen molar-refractivity contribution in [3.63, 3.8) is 0 Å². The molecule has 0 N–H and O–H groups in total. The summed E-state index contributed by atoms with van der Waals surface area (Å²) in [4.78, 5) is 2.09. The molecular weight excluding hydrogens is 307 g/mol. The fourth-order valence-electron chi connectivity index (χ4n) is 2.78. The van der Waals surface area contributed by atoms with Crippen LogP contribution in [0, 0.1) is 17.1 Å². The molecule has 0 unspecified atom stereocenters. The van der Waals surface area contributed by atoms with Crippen LogP contribution in [-0.2, 0) is 0 Å². The second-order valence-electron chi connectivity index (χ2n) is 4.99. The van der Waals surface area contributed by atoms with Crippen molar-refractivity contribution in [2.75, 3.05) is 11.4 Å². The third kappa shape index (κ3) is 3.70. The van der Waals surface area contributed by atoms with Crippen molar-refractivity contribution in [3.05, 3.63) is 28.5 Å². The van der Waals surface area contributed by atoms with Crippen LogP contribution in [0.2, 0.25) is 0 Å². The molecule has 19 heavy (non-hydrogen) atoms. The van der Waals surface area contributed by atoms with E-state index in [4.69, 9.17) is 5.26 Å². The topological polar surface area (TPSA) is 27.0 Å². The van der Waals surface area contributed by atoms with E-state index in [0.717, 1.165) is 17.3 Å². The van der Waals surface area contributed by atoms with Gasteiger partial charge in [-0.1, -0.05) is 35.2 Å². The van der Waals surface area contributed by atoms with Crippen molar-refractivity contribution in [1.82, 2.24) is 0 Å². The molecule has 0 amide bonds. The molecule has 0 aromatic heterocycles. The molecule has 1 aromatic rings. The summed E-state index contributed by atoms with van der Waals surface area (Å²) in [7, 11) is 0. The lowest BCUT2D eigenvalue weighted by molar-refractivity contribution is 0.412. The predicted molar refractivity (Wildman–Crippen MR) is 78.5 cm³/mol. The van der Waals surface area contributed by atoms with Gasteiger partial charge >= 0.3 is 0 Å². The first-order valence-corrected chi connectivity index (χ1v) is 7.60. The summed E-state index contributed by atoms with van der Waals surface area (Å²) in [5.41, 5.74) is 0.630. The largest absolute Gasteiger partial charge is 0.365 e. The maximum atomic E-state index is 14.1. The first-order chi connectivity index (χ1) is 9.22. The van der Waals surface area contributed by atoms with Gasteiger partial charge in [-0.25, -0.2) is 4.39 Å². The number of hydrogen-bond acceptors (Lipinski definition) is 2. The summed E-state index contributed by atoms with van der Waals surface area (Å²) in [6, 6.07) is 7.71. The van der Waals surface area contributed by atoms with Gasteiger partial charge in [-0.15, -0.1) is 0 Å². The van der Waals surface area contributed by atoms with E-state index in [2.05, 4.69) is 26.9 Å². The molecule has 102 valence electrons. The van der Waals surface area contributed by atoms with Gasteiger partial charge in [0.15, 0.2) is 0 Å². The van der Waals surface area contributed by atoms with Gasteiger partial charge < -0.3 is 4.90 Å². The number of nitriles is 1. The molecule has 0 saturated heterocycles. The monoisotopic (exact) mass is 324 g/mol. The van der Waals surface area contributed by atoms with E-state index in [1.54, 1.807) is 0 Å². The summed E-state index contributed by atoms with van der Waals surface area (Å²) < 4.78 is 14.9. The fraction of sp³-hybridized carbons (Fsp3) is 0.533. The van der Waals surface area contributed by atoms with Crippen LogP contribution < -0.4 is 4.90 Å². The maximum absolute atomic E-state index is 14.1. The van der Waals surface area contributed by atoms with Gasteiger partial charge in [0.1, 0.15) is 5.82 Å². The Bertz CT molecular complexity index is 464. The number of benzene rings is 1. The van der Waals surface area contributed by atoms with Gasteiger partial charge in [0.05, 0.1) is 18.2 Å². The fourth-order valence-corrected chi connectivity index (χ4v) is 3.11. The van der Waals surface area contributed by atoms with Crippen LogP contribution in [-0.4, -0.2) is 12.6 Å². The standard InChI is InChI=1S/C15H18BrFN2/c16-12-7-8-15(14(17)11-12)19(10-4-9-18)13-5-2-1-3-6-13/h7-8,11,13H,1-6,10H2. The molecular formula is C15H18BrFN2. The zero-order valence-corrected chi connectivity index (χ0v) is 12.5. The summed E-state index contributed by atoms with van der Waals surface area (Å²) in [5.74, 6) is -0.210. The van der Waals surface area contributed by atoms with E-state index in [-0.39, 0.29) is 5.82 Å². The molecule has 0 atom stereocenters. The van der Waals surface area contributed by atoms with E-state index < -0.39 is 0 Å². The molecule has 0 heterocycles. The molecule has 4 heteroatoms. The highest BCUT2D eigenvalue weighted by molar-refractivity contribution is 9.10. The second-order valence-corrected chi connectivity index (χ2v) is 5.90. The summed E-state index contributed by atoms with van der Waals surface area (Å²) in [5, 5.41) is 8.80. The SMILES string of the molecule is N#CCCN(c1ccc(Br)cc1F)C1CCCCC1. The van der Waals surface area contributed by atoms with Crippen LogP contribution in [0.4, 0.5) is 10.1 Å². The molecule has 0 radical (unpaired) electrons. The van der Waals surface area contributed by atoms with E-state index in [1.165, 1.54) is 25.3 Å². The summed E-state index contributed by atoms with van der Waals surface area (Å²) in [6.07, 6.45) is 6.30. The maximum Gasteiger partial charge on any atom is 0.147 e. The van der Waals surface area contributed by atoms with Crippen LogP contribution >= 0.6 is 15.9 Å². The second kappa shape index (κ2) is 6.91. The molecule has 0 aliphatic heterocycles. The van der Waals surface area contributed by atoms with Crippen molar-refractivity contribution in [2.24, 2.45) is 0 Å². The average Bonchev–Trinajstić information content (AvgIpc) is 2.42. The molecule has 1 saturated carbocycles. The Hall–Kier alpha value is -1.08. The van der Waals surface area contributed by atoms with E-state index in [1.807, 2.05) is 12.1 Å². The first kappa shape index (κ1) is 14.3. The smallest absolute Gasteiger partial charge is 0.147 e. The van der Waals surface area contributed by atoms with Gasteiger partial charge in [-0.2, -0.15) is 5.26 Å². The minimum Gasteiger partial charge on any atom is -0.365 e. The summed E-state index contributed by atoms with van der Waals surface area (Å²) in [6.45, 7) is 0.611. The van der Waals surface area contributed by atoms with Crippen molar-refractivity contribution in [1.29, 1.82) is 5.26 Å². The number of rotatable bonds is 4. The van der Waals surface area contributed by atoms with Crippen LogP contribution in [0.3, 0.4) is 0 Å². The average molecular weight is 325 g/mol. The Kier molecular flexibility index (Phi) is 5.21. The lowest BCUT2D eigenvalue weighted by Crippen LogP contribution is -2.38. The van der Waals surface area contributed by atoms with E-state index in [9.17, 15) is 4.39 Å². The lowest BCUT2D eigenvalue weighted by atomic mass is 9.93. The number of halogens is 2. The van der Waals surface area contributed by atoms with Gasteiger partial charge in [-0.3, -0.25) is 0 Å². The lowest BCUT2D eigenvalue weighted by Gasteiger charge is -2.36. The van der Waals surface area contributed by atoms with Crippen LogP contribution in [0.15, 0.2) is 22.7 Å². The van der Waals surface area contributed by atoms with Crippen LogP contribution in [0.1, 0.15) is 38.5 Å². The Morgan fingerprint density at radius 3 is 2.68 bits per heavy atom. The molecule has 1 aromatic carbocycles. The van der Waals surface area contributed by atoms with E-state index in [0.29, 0.717) is 24.7 Å². The zero-order chi connectivity index (χ0) is 13.7. The normalized spacial score (nSPS) is 16.1. The first-order valence-electron chi connectivity index (χ1n) is 6.81. The Balaban J connectivity index is 2.22. The third-order valence-electron chi connectivity index (χ3n) is 3.70. The Morgan fingerprint density at radius 1 is 1.32 bits per heavy atom. The number of anilines is 1. The Morgan fingerprint density at radius 2 is 2.05 bits per heavy atom. The van der Waals surface area contributed by atoms with Gasteiger partial charge in [-0.05, 0) is 31.0 Å². The minimum atomic E-state index is -0.210. The van der Waals surface area contributed by atoms with Crippen molar-refractivity contribution in [3.8, 4) is 6.07 Å². The molecule has 1 aliphatic rings. The van der Waals surface area contributed by atoms with Crippen molar-refractivity contribution >= 4 is 21.6 Å². The molecule has 0 bridgehead atoms.